The van der Waals surface area contributed by atoms with Gasteiger partial charge in [-0.15, -0.1) is 0 Å². The van der Waals surface area contributed by atoms with Crippen LogP contribution in [-0.4, -0.2) is 28.9 Å². The number of carbonyl (C=O) groups is 2. The Labute approximate surface area is 188 Å². The summed E-state index contributed by atoms with van der Waals surface area (Å²) in [6.07, 6.45) is 4.56. The second-order valence-electron chi connectivity index (χ2n) is 8.57. The Morgan fingerprint density at radius 3 is 2.44 bits per heavy atom. The van der Waals surface area contributed by atoms with Crippen LogP contribution >= 0.6 is 0 Å². The minimum atomic E-state index is -0.969. The van der Waals surface area contributed by atoms with Gasteiger partial charge < -0.3 is 15.0 Å². The van der Waals surface area contributed by atoms with Gasteiger partial charge in [-0.2, -0.15) is 0 Å². The van der Waals surface area contributed by atoms with Crippen molar-refractivity contribution < 1.29 is 14.3 Å². The van der Waals surface area contributed by atoms with Gasteiger partial charge in [0.05, 0.1) is 5.69 Å². The van der Waals surface area contributed by atoms with Crippen LogP contribution in [0.25, 0.3) is 0 Å². The first-order valence-electron chi connectivity index (χ1n) is 10.7. The molecule has 6 heteroatoms. The third kappa shape index (κ3) is 4.80. The number of hydrogen-bond donors (Lipinski definition) is 1. The van der Waals surface area contributed by atoms with Crippen LogP contribution in [0.3, 0.4) is 0 Å². The predicted octanol–water partition coefficient (Wildman–Crippen LogP) is 4.51. The quantitative estimate of drug-likeness (QED) is 0.626. The highest BCUT2D eigenvalue weighted by Gasteiger charge is 2.40. The number of anilines is 2. The van der Waals surface area contributed by atoms with Gasteiger partial charge in [-0.1, -0.05) is 18.2 Å². The number of hydrogen-bond acceptors (Lipinski definition) is 4. The number of nitrogens with one attached hydrogen (secondary N) is 1. The molecule has 0 radical (unpaired) electrons. The lowest BCUT2D eigenvalue weighted by atomic mass is 10.0. The summed E-state index contributed by atoms with van der Waals surface area (Å²) in [7, 11) is 0. The molecule has 0 aliphatic carbocycles. The van der Waals surface area contributed by atoms with E-state index in [-0.39, 0.29) is 24.8 Å². The average Bonchev–Trinajstić information content (AvgIpc) is 2.77. The first-order chi connectivity index (χ1) is 15.3. The van der Waals surface area contributed by atoms with Gasteiger partial charge in [-0.3, -0.25) is 14.6 Å². The molecule has 2 aromatic carbocycles. The summed E-state index contributed by atoms with van der Waals surface area (Å²) in [5.74, 6) is 0.368. The molecule has 0 atom stereocenters. The second-order valence-corrected chi connectivity index (χ2v) is 8.57. The fraction of sp³-hybridized carbons (Fsp3) is 0.269. The Kier molecular flexibility index (Phi) is 5.95. The van der Waals surface area contributed by atoms with Crippen molar-refractivity contribution >= 4 is 23.2 Å². The highest BCUT2D eigenvalue weighted by molar-refractivity contribution is 6.03. The Bertz CT molecular complexity index is 1120. The maximum Gasteiger partial charge on any atom is 0.270 e. The van der Waals surface area contributed by atoms with Crippen molar-refractivity contribution in [2.24, 2.45) is 0 Å². The largest absolute Gasteiger partial charge is 0.476 e. The average molecular weight is 430 g/mol. The zero-order valence-electron chi connectivity index (χ0n) is 18.6. The summed E-state index contributed by atoms with van der Waals surface area (Å²) in [5.41, 5.74) is 3.85. The van der Waals surface area contributed by atoms with Crippen LogP contribution in [-0.2, 0) is 16.0 Å². The number of pyridine rings is 1. The number of aryl methyl sites for hydroxylation is 1. The number of fused-ring (bicyclic) bond motifs is 1. The van der Waals surface area contributed by atoms with E-state index in [1.165, 1.54) is 5.56 Å². The molecule has 164 valence electrons. The lowest BCUT2D eigenvalue weighted by Gasteiger charge is -2.38. The maximum atomic E-state index is 12.9. The van der Waals surface area contributed by atoms with E-state index in [0.29, 0.717) is 11.4 Å². The molecular formula is C26H27N3O3. The van der Waals surface area contributed by atoms with E-state index >= 15 is 0 Å². The lowest BCUT2D eigenvalue weighted by Crippen LogP contribution is -2.53. The van der Waals surface area contributed by atoms with Gasteiger partial charge in [-0.05, 0) is 80.3 Å². The molecule has 4 rings (SSSR count). The third-order valence-corrected chi connectivity index (χ3v) is 5.49. The smallest absolute Gasteiger partial charge is 0.270 e. The predicted molar refractivity (Wildman–Crippen MR) is 125 cm³/mol. The van der Waals surface area contributed by atoms with Crippen molar-refractivity contribution in [2.75, 3.05) is 16.8 Å². The number of nitrogens with zero attached hydrogens (tertiary/aromatic N) is 2. The molecule has 3 aromatic rings. The standard InChI is InChI=1S/C26H27N3O3/c1-18-4-9-23-22(16-18)29(25(31)26(2,3)32-23)15-12-24(30)28-21-7-5-19(6-8-21)17-20-10-13-27-14-11-20/h4-11,13-14,16H,12,15,17H2,1-3H3,(H,28,30). The summed E-state index contributed by atoms with van der Waals surface area (Å²) in [6.45, 7) is 5.75. The number of aromatic nitrogens is 1. The number of ether oxygens (including phenoxy) is 1. The molecule has 0 unspecified atom stereocenters. The first kappa shape index (κ1) is 21.6. The third-order valence-electron chi connectivity index (χ3n) is 5.49. The van der Waals surface area contributed by atoms with Gasteiger partial charge >= 0.3 is 0 Å². The summed E-state index contributed by atoms with van der Waals surface area (Å²) >= 11 is 0. The highest BCUT2D eigenvalue weighted by atomic mass is 16.5. The van der Waals surface area contributed by atoms with E-state index < -0.39 is 5.60 Å². The van der Waals surface area contributed by atoms with Crippen molar-refractivity contribution in [3.63, 3.8) is 0 Å². The zero-order valence-corrected chi connectivity index (χ0v) is 18.6. The van der Waals surface area contributed by atoms with Gasteiger partial charge in [0.15, 0.2) is 5.60 Å². The van der Waals surface area contributed by atoms with Crippen LogP contribution in [0.2, 0.25) is 0 Å². The summed E-state index contributed by atoms with van der Waals surface area (Å²) in [4.78, 5) is 31.2. The Morgan fingerprint density at radius 1 is 1.03 bits per heavy atom. The number of amides is 2. The normalized spacial score (nSPS) is 14.5. The lowest BCUT2D eigenvalue weighted by molar-refractivity contribution is -0.132. The van der Waals surface area contributed by atoms with E-state index in [1.807, 2.05) is 61.5 Å². The van der Waals surface area contributed by atoms with Gasteiger partial charge in [-0.25, -0.2) is 0 Å². The maximum absolute atomic E-state index is 12.9. The molecule has 2 heterocycles. The van der Waals surface area contributed by atoms with Crippen LogP contribution in [0.5, 0.6) is 5.75 Å². The number of benzene rings is 2. The van der Waals surface area contributed by atoms with Crippen LogP contribution in [0, 0.1) is 6.92 Å². The van der Waals surface area contributed by atoms with Gasteiger partial charge in [0.2, 0.25) is 5.91 Å². The molecule has 1 aliphatic rings. The van der Waals surface area contributed by atoms with Crippen LogP contribution in [0.15, 0.2) is 67.0 Å². The molecule has 1 aromatic heterocycles. The summed E-state index contributed by atoms with van der Waals surface area (Å²) in [5, 5.41) is 2.93. The Balaban J connectivity index is 1.38. The number of carbonyl (C=O) groups excluding carboxylic acids is 2. The van der Waals surface area contributed by atoms with Crippen molar-refractivity contribution in [3.05, 3.63) is 83.7 Å². The SMILES string of the molecule is Cc1ccc2c(c1)N(CCC(=O)Nc1ccc(Cc3ccncc3)cc1)C(=O)C(C)(C)O2. The molecular weight excluding hydrogens is 402 g/mol. The molecule has 32 heavy (non-hydrogen) atoms. The molecule has 0 saturated heterocycles. The number of rotatable bonds is 6. The van der Waals surface area contributed by atoms with E-state index in [1.54, 1.807) is 31.1 Å². The zero-order chi connectivity index (χ0) is 22.7. The molecule has 1 aliphatic heterocycles. The van der Waals surface area contributed by atoms with Crippen molar-refractivity contribution in [2.45, 2.75) is 39.2 Å². The van der Waals surface area contributed by atoms with E-state index in [9.17, 15) is 9.59 Å². The molecule has 1 N–H and O–H groups in total. The monoisotopic (exact) mass is 429 g/mol. The molecule has 0 spiro atoms. The Morgan fingerprint density at radius 2 is 1.72 bits per heavy atom. The van der Waals surface area contributed by atoms with Crippen LogP contribution < -0.4 is 15.0 Å². The fourth-order valence-corrected chi connectivity index (χ4v) is 3.78. The second kappa shape index (κ2) is 8.83. The van der Waals surface area contributed by atoms with Gasteiger partial charge in [0, 0.05) is 31.0 Å². The molecule has 2 amide bonds. The molecule has 0 bridgehead atoms. The molecule has 0 saturated carbocycles. The van der Waals surface area contributed by atoms with Crippen LogP contribution in [0.4, 0.5) is 11.4 Å². The van der Waals surface area contributed by atoms with E-state index in [4.69, 9.17) is 4.74 Å². The van der Waals surface area contributed by atoms with Crippen LogP contribution in [0.1, 0.15) is 37.0 Å². The van der Waals surface area contributed by atoms with E-state index in [2.05, 4.69) is 10.3 Å². The Hall–Kier alpha value is -3.67. The van der Waals surface area contributed by atoms with Crippen molar-refractivity contribution in [1.82, 2.24) is 4.98 Å². The van der Waals surface area contributed by atoms with Crippen molar-refractivity contribution in [1.29, 1.82) is 0 Å². The van der Waals surface area contributed by atoms with Gasteiger partial charge in [0.25, 0.3) is 5.91 Å². The molecule has 6 nitrogen and oxygen atoms in total. The topological polar surface area (TPSA) is 71.5 Å². The first-order valence-corrected chi connectivity index (χ1v) is 10.7. The summed E-state index contributed by atoms with van der Waals surface area (Å²) in [6, 6.07) is 17.5. The minimum Gasteiger partial charge on any atom is -0.476 e. The minimum absolute atomic E-state index is 0.141. The molecule has 0 fully saturated rings. The van der Waals surface area contributed by atoms with Gasteiger partial charge in [0.1, 0.15) is 5.75 Å². The summed E-state index contributed by atoms with van der Waals surface area (Å²) < 4.78 is 5.88. The van der Waals surface area contributed by atoms with E-state index in [0.717, 1.165) is 23.2 Å². The van der Waals surface area contributed by atoms with Crippen molar-refractivity contribution in [3.8, 4) is 5.75 Å². The fourth-order valence-electron chi connectivity index (χ4n) is 3.78. The highest BCUT2D eigenvalue weighted by Crippen LogP contribution is 2.38.